The van der Waals surface area contributed by atoms with Crippen molar-refractivity contribution < 1.29 is 78.0 Å². The van der Waals surface area contributed by atoms with Crippen LogP contribution in [-0.4, -0.2) is 6.61 Å². The molecule has 340 valence electrons. The normalized spacial score (nSPS) is 14.5. The van der Waals surface area contributed by atoms with Gasteiger partial charge >= 0.3 is 59.1 Å². The molecule has 0 aromatic carbocycles. The summed E-state index contributed by atoms with van der Waals surface area (Å²) in [6, 6.07) is 0. The molecule has 62 heavy (non-hydrogen) atoms. The molecule has 0 aliphatic rings. The van der Waals surface area contributed by atoms with Crippen LogP contribution in [0.5, 0.6) is 0 Å². The minimum absolute atomic E-state index is 0. The van der Waals surface area contributed by atoms with E-state index in [-0.39, 0.29) is 65.7 Å². The summed E-state index contributed by atoms with van der Waals surface area (Å²) < 4.78 is 14.8. The largest absolute Gasteiger partial charge is 1.00 e. The van der Waals surface area contributed by atoms with Crippen LogP contribution in [0.3, 0.4) is 0 Å². The van der Waals surface area contributed by atoms with Gasteiger partial charge in [-0.3, -0.25) is 0 Å². The molecule has 0 radical (unpaired) electrons. The molecule has 0 saturated carbocycles. The van der Waals surface area contributed by atoms with Crippen molar-refractivity contribution in [2.45, 2.75) is 212 Å². The van der Waals surface area contributed by atoms with Crippen molar-refractivity contribution in [1.29, 1.82) is 0 Å². The molecule has 0 rings (SSSR count). The molecule has 0 bridgehead atoms. The van der Waals surface area contributed by atoms with Crippen LogP contribution < -0.4 is 68.9 Å². The summed E-state index contributed by atoms with van der Waals surface area (Å²) in [5.41, 5.74) is 15.8. The van der Waals surface area contributed by atoms with Crippen LogP contribution in [0.15, 0.2) is 128 Å². The summed E-state index contributed by atoms with van der Waals surface area (Å²) in [4.78, 5) is 21.1. The third kappa shape index (κ3) is 45.8. The van der Waals surface area contributed by atoms with Crippen LogP contribution in [0.4, 0.5) is 0 Å². The third-order valence-electron chi connectivity index (χ3n) is 11.0. The average molecular weight is 891 g/mol. The molecule has 0 saturated heterocycles. The van der Waals surface area contributed by atoms with Gasteiger partial charge in [-0.15, -0.1) is 0 Å². The fourth-order valence-corrected chi connectivity index (χ4v) is 7.05. The maximum Gasteiger partial charge on any atom is 1.00 e. The van der Waals surface area contributed by atoms with Gasteiger partial charge in [0.2, 0.25) is 0 Å². The first kappa shape index (κ1) is 65.5. The van der Waals surface area contributed by atoms with Gasteiger partial charge in [0.05, 0.1) is 14.4 Å². The SMILES string of the molecule is CC(C)=CCC/C(C)=C/CC/C(C)=C/CC/C(C)=C/CC/C(C)=C\CC/C(C)=C\CC/C(C)=C\CC/C(C)=C\CC/C(C)=C\CC/C(C)=C\CC/C(C)=C\COP(=O)([O-])[O-].[Na+].[Na+]. The Bertz CT molecular complexity index is 1620. The van der Waals surface area contributed by atoms with Crippen molar-refractivity contribution in [3.05, 3.63) is 128 Å². The predicted octanol–water partition coefficient (Wildman–Crippen LogP) is 11.1. The first-order chi connectivity index (χ1) is 28.4. The Balaban J connectivity index is -0.0000174. The quantitative estimate of drug-likeness (QED) is 0.0374. The zero-order valence-electron chi connectivity index (χ0n) is 42.8. The van der Waals surface area contributed by atoms with E-state index in [0.29, 0.717) is 0 Å². The second kappa shape index (κ2) is 41.7. The van der Waals surface area contributed by atoms with Crippen LogP contribution in [-0.2, 0) is 9.09 Å². The van der Waals surface area contributed by atoms with Gasteiger partial charge in [0.25, 0.3) is 0 Å². The number of phosphoric ester groups is 1. The first-order valence-electron chi connectivity index (χ1n) is 23.2. The Hall–Kier alpha value is -0.750. The average Bonchev–Trinajstić information content (AvgIpc) is 3.14. The molecule has 0 aromatic heterocycles. The van der Waals surface area contributed by atoms with Crippen LogP contribution in [0.2, 0.25) is 0 Å². The van der Waals surface area contributed by atoms with Crippen molar-refractivity contribution in [2.75, 3.05) is 6.61 Å². The van der Waals surface area contributed by atoms with E-state index in [1.807, 2.05) is 6.92 Å². The summed E-state index contributed by atoms with van der Waals surface area (Å²) >= 11 is 0. The van der Waals surface area contributed by atoms with E-state index >= 15 is 0 Å². The maximum absolute atomic E-state index is 10.6. The van der Waals surface area contributed by atoms with E-state index in [2.05, 4.69) is 141 Å². The molecule has 0 unspecified atom stereocenters. The molecule has 0 aliphatic carbocycles. The van der Waals surface area contributed by atoms with Crippen LogP contribution in [0.1, 0.15) is 212 Å². The number of hydrogen-bond acceptors (Lipinski definition) is 4. The van der Waals surface area contributed by atoms with E-state index < -0.39 is 7.82 Å². The van der Waals surface area contributed by atoms with Gasteiger partial charge in [-0.25, -0.2) is 0 Å². The number of rotatable bonds is 33. The summed E-state index contributed by atoms with van der Waals surface area (Å²) in [6.07, 6.45) is 47.8. The first-order valence-corrected chi connectivity index (χ1v) is 24.7. The van der Waals surface area contributed by atoms with E-state index in [4.69, 9.17) is 0 Å². The van der Waals surface area contributed by atoms with Gasteiger partial charge < -0.3 is 18.9 Å². The topological polar surface area (TPSA) is 72.4 Å². The Morgan fingerprint density at radius 2 is 0.484 bits per heavy atom. The minimum atomic E-state index is -4.90. The van der Waals surface area contributed by atoms with E-state index in [1.54, 1.807) is 6.08 Å². The van der Waals surface area contributed by atoms with Crippen molar-refractivity contribution >= 4 is 7.82 Å². The van der Waals surface area contributed by atoms with Gasteiger partial charge in [-0.05, 0) is 212 Å². The summed E-state index contributed by atoms with van der Waals surface area (Å²) in [5, 5.41) is 0. The number of phosphoric acid groups is 1. The van der Waals surface area contributed by atoms with Gasteiger partial charge in [0.1, 0.15) is 0 Å². The maximum atomic E-state index is 10.6. The number of allylic oxidation sites excluding steroid dienone is 21. The van der Waals surface area contributed by atoms with Crippen LogP contribution >= 0.6 is 7.82 Å². The zero-order chi connectivity index (χ0) is 45.2. The van der Waals surface area contributed by atoms with E-state index in [1.165, 1.54) is 75.0 Å². The van der Waals surface area contributed by atoms with Crippen LogP contribution in [0, 0.1) is 0 Å². The summed E-state index contributed by atoms with van der Waals surface area (Å²) in [5.74, 6) is 0. The second-order valence-corrected chi connectivity index (χ2v) is 19.1. The zero-order valence-corrected chi connectivity index (χ0v) is 47.7. The molecular formula is C55H89Na2O4P. The second-order valence-electron chi connectivity index (χ2n) is 17.9. The molecule has 0 N–H and O–H groups in total. The summed E-state index contributed by atoms with van der Waals surface area (Å²) in [6.45, 7) is 26.5. The van der Waals surface area contributed by atoms with Crippen molar-refractivity contribution in [3.8, 4) is 0 Å². The van der Waals surface area contributed by atoms with Crippen LogP contribution in [0.25, 0.3) is 0 Å². The van der Waals surface area contributed by atoms with Gasteiger partial charge in [0.15, 0.2) is 0 Å². The molecule has 0 heterocycles. The van der Waals surface area contributed by atoms with Crippen molar-refractivity contribution in [2.24, 2.45) is 0 Å². The molecule has 0 amide bonds. The smallest absolute Gasteiger partial charge is 0.790 e. The molecule has 0 aliphatic heterocycles. The predicted molar refractivity (Wildman–Crippen MR) is 263 cm³/mol. The van der Waals surface area contributed by atoms with Crippen molar-refractivity contribution in [1.82, 2.24) is 0 Å². The Morgan fingerprint density at radius 1 is 0.323 bits per heavy atom. The molecule has 0 atom stereocenters. The van der Waals surface area contributed by atoms with Crippen molar-refractivity contribution in [3.63, 3.8) is 0 Å². The Labute approximate surface area is 428 Å². The monoisotopic (exact) mass is 891 g/mol. The van der Waals surface area contributed by atoms with Gasteiger partial charge in [-0.1, -0.05) is 128 Å². The van der Waals surface area contributed by atoms with Gasteiger partial charge in [-0.2, -0.15) is 0 Å². The molecule has 0 aromatic rings. The standard InChI is InChI=1S/C55H91O4P.2Na/c1-45(2)23-13-24-46(3)25-14-26-47(4)27-15-28-48(5)29-16-30-49(6)31-17-32-50(7)33-18-34-51(8)35-19-36-52(9)37-20-38-53(10)39-21-40-54(11)41-22-42-55(12)43-44-59-60(56,57)58;;/h23,25,27,29,31,33,35,37,39,41,43H,13-22,24,26,28,30,32,34,36,38,40,42,44H2,1-12H3,(H2,56,57,58);;/q;2*+1/p-2/b46-25+,47-27+,48-29+,49-31-,50-33-,51-35-,52-37-,53-39-,54-41-,55-43-;;. The number of hydrogen-bond donors (Lipinski definition) is 0. The van der Waals surface area contributed by atoms with Gasteiger partial charge in [0, 0.05) is 0 Å². The third-order valence-corrected chi connectivity index (χ3v) is 11.5. The van der Waals surface area contributed by atoms with E-state index in [9.17, 15) is 14.4 Å². The fraction of sp³-hybridized carbons (Fsp3) is 0.600. The molecule has 7 heteroatoms. The Morgan fingerprint density at radius 3 is 0.645 bits per heavy atom. The fourth-order valence-electron chi connectivity index (χ4n) is 6.80. The molecular weight excluding hydrogens is 802 g/mol. The Kier molecular flexibility index (Phi) is 44.0. The molecule has 0 spiro atoms. The molecule has 4 nitrogen and oxygen atoms in total. The minimum Gasteiger partial charge on any atom is -0.790 e. The summed E-state index contributed by atoms with van der Waals surface area (Å²) in [7, 11) is -4.90. The molecule has 0 fully saturated rings. The van der Waals surface area contributed by atoms with E-state index in [0.717, 1.165) is 115 Å².